The number of anilines is 2. The molecule has 2 unspecified atom stereocenters. The smallest absolute Gasteiger partial charge is 0.240 e. The third-order valence-corrected chi connectivity index (χ3v) is 5.09. The Hall–Kier alpha value is -1.27. The molecule has 1 aromatic carbocycles. The van der Waals surface area contributed by atoms with E-state index in [1.54, 1.807) is 12.1 Å². The van der Waals surface area contributed by atoms with E-state index in [1.807, 2.05) is 0 Å². The molecule has 6 heteroatoms. The summed E-state index contributed by atoms with van der Waals surface area (Å²) in [5, 5.41) is 0. The molecular weight excluding hydrogens is 262 g/mol. The van der Waals surface area contributed by atoms with E-state index < -0.39 is 10.0 Å². The van der Waals surface area contributed by atoms with Gasteiger partial charge in [0.25, 0.3) is 0 Å². The molecule has 1 aromatic rings. The largest absolute Gasteiger partial charge is 0.397 e. The topological polar surface area (TPSA) is 75.4 Å². The molecule has 1 heterocycles. The fourth-order valence-corrected chi connectivity index (χ4v) is 3.44. The Kier molecular flexibility index (Phi) is 3.73. The molecule has 0 radical (unpaired) electrons. The lowest BCUT2D eigenvalue weighted by Crippen LogP contribution is -2.28. The van der Waals surface area contributed by atoms with E-state index in [0.29, 0.717) is 17.6 Å². The number of benzene rings is 1. The molecule has 1 aliphatic rings. The van der Waals surface area contributed by atoms with Crippen molar-refractivity contribution < 1.29 is 8.42 Å². The van der Waals surface area contributed by atoms with Crippen molar-refractivity contribution in [1.29, 1.82) is 0 Å². The number of nitrogens with zero attached hydrogens (tertiary/aromatic N) is 1. The van der Waals surface area contributed by atoms with Crippen LogP contribution in [0.3, 0.4) is 0 Å². The number of sulfonamides is 1. The minimum Gasteiger partial charge on any atom is -0.397 e. The highest BCUT2D eigenvalue weighted by atomic mass is 32.2. The molecule has 0 spiro atoms. The van der Waals surface area contributed by atoms with Crippen molar-refractivity contribution in [3.8, 4) is 0 Å². The van der Waals surface area contributed by atoms with Crippen LogP contribution in [0.2, 0.25) is 0 Å². The number of nitrogens with one attached hydrogen (secondary N) is 1. The van der Waals surface area contributed by atoms with Crippen LogP contribution in [0.1, 0.15) is 20.3 Å². The lowest BCUT2D eigenvalue weighted by atomic mass is 10.1. The summed E-state index contributed by atoms with van der Waals surface area (Å²) >= 11 is 0. The lowest BCUT2D eigenvalue weighted by molar-refractivity contribution is 0.588. The lowest BCUT2D eigenvalue weighted by Gasteiger charge is -2.26. The molecule has 19 heavy (non-hydrogen) atoms. The highest BCUT2D eigenvalue weighted by Crippen LogP contribution is 2.34. The van der Waals surface area contributed by atoms with Crippen LogP contribution in [0.15, 0.2) is 23.1 Å². The van der Waals surface area contributed by atoms with Gasteiger partial charge in [0, 0.05) is 12.6 Å². The normalized spacial score (nSPS) is 23.8. The summed E-state index contributed by atoms with van der Waals surface area (Å²) in [6, 6.07) is 5.24. The number of nitrogen functional groups attached to an aromatic ring is 1. The van der Waals surface area contributed by atoms with Crippen LogP contribution in [0.25, 0.3) is 0 Å². The first-order valence-corrected chi connectivity index (χ1v) is 7.93. The number of nitrogens with two attached hydrogens (primary N) is 1. The number of hydrogen-bond donors (Lipinski definition) is 2. The zero-order valence-electron chi connectivity index (χ0n) is 11.6. The molecule has 0 saturated carbocycles. The average Bonchev–Trinajstić information content (AvgIpc) is 2.68. The molecule has 0 bridgehead atoms. The second kappa shape index (κ2) is 5.02. The first-order chi connectivity index (χ1) is 8.85. The van der Waals surface area contributed by atoms with Crippen LogP contribution < -0.4 is 15.4 Å². The van der Waals surface area contributed by atoms with Gasteiger partial charge in [0.05, 0.1) is 16.3 Å². The maximum atomic E-state index is 11.9. The summed E-state index contributed by atoms with van der Waals surface area (Å²) in [6.07, 6.45) is 1.10. The minimum atomic E-state index is -3.43. The van der Waals surface area contributed by atoms with E-state index in [2.05, 4.69) is 23.5 Å². The highest BCUT2D eigenvalue weighted by Gasteiger charge is 2.28. The van der Waals surface area contributed by atoms with Crippen molar-refractivity contribution in [1.82, 2.24) is 4.72 Å². The van der Waals surface area contributed by atoms with Gasteiger partial charge in [-0.3, -0.25) is 0 Å². The zero-order chi connectivity index (χ0) is 14.2. The van der Waals surface area contributed by atoms with Crippen molar-refractivity contribution in [3.05, 3.63) is 18.2 Å². The predicted molar refractivity (Wildman–Crippen MR) is 77.7 cm³/mol. The molecule has 0 amide bonds. The van der Waals surface area contributed by atoms with Crippen molar-refractivity contribution in [2.45, 2.75) is 31.2 Å². The maximum absolute atomic E-state index is 11.9. The molecule has 3 N–H and O–H groups in total. The molecule has 1 saturated heterocycles. The average molecular weight is 283 g/mol. The Bertz CT molecular complexity index is 571. The van der Waals surface area contributed by atoms with Crippen LogP contribution in [-0.4, -0.2) is 28.1 Å². The molecule has 2 rings (SSSR count). The first kappa shape index (κ1) is 14.1. The standard InChI is InChI=1S/C13H21N3O2S/c1-9-6-10(2)16(8-9)13-7-11(4-5-12(13)14)19(17,18)15-3/h4-5,7,9-10,15H,6,8,14H2,1-3H3. The third kappa shape index (κ3) is 2.69. The van der Waals surface area contributed by atoms with Crippen molar-refractivity contribution >= 4 is 21.4 Å². The van der Waals surface area contributed by atoms with Gasteiger partial charge < -0.3 is 10.6 Å². The van der Waals surface area contributed by atoms with Crippen LogP contribution in [0, 0.1) is 5.92 Å². The van der Waals surface area contributed by atoms with Gasteiger partial charge in [-0.15, -0.1) is 0 Å². The summed E-state index contributed by atoms with van der Waals surface area (Å²) in [5.41, 5.74) is 7.44. The molecule has 5 nitrogen and oxygen atoms in total. The fraction of sp³-hybridized carbons (Fsp3) is 0.538. The fourth-order valence-electron chi connectivity index (χ4n) is 2.69. The van der Waals surface area contributed by atoms with Crippen LogP contribution in [-0.2, 0) is 10.0 Å². The highest BCUT2D eigenvalue weighted by molar-refractivity contribution is 7.89. The quantitative estimate of drug-likeness (QED) is 0.823. The molecule has 1 fully saturated rings. The van der Waals surface area contributed by atoms with Gasteiger partial charge in [0.2, 0.25) is 10.0 Å². The van der Waals surface area contributed by atoms with Crippen LogP contribution in [0.4, 0.5) is 11.4 Å². The summed E-state index contributed by atoms with van der Waals surface area (Å²) < 4.78 is 26.0. The second-order valence-electron chi connectivity index (χ2n) is 5.27. The first-order valence-electron chi connectivity index (χ1n) is 6.45. The van der Waals surface area contributed by atoms with E-state index in [1.165, 1.54) is 13.1 Å². The van der Waals surface area contributed by atoms with E-state index in [9.17, 15) is 8.42 Å². The predicted octanol–water partition coefficient (Wildman–Crippen LogP) is 1.41. The summed E-state index contributed by atoms with van der Waals surface area (Å²) in [7, 11) is -2.02. The molecular formula is C13H21N3O2S. The van der Waals surface area contributed by atoms with Crippen molar-refractivity contribution in [2.24, 2.45) is 5.92 Å². The van der Waals surface area contributed by atoms with E-state index in [-0.39, 0.29) is 4.90 Å². The van der Waals surface area contributed by atoms with Gasteiger partial charge in [-0.2, -0.15) is 0 Å². The monoisotopic (exact) mass is 283 g/mol. The Morgan fingerprint density at radius 3 is 2.58 bits per heavy atom. The van der Waals surface area contributed by atoms with E-state index in [0.717, 1.165) is 18.7 Å². The summed E-state index contributed by atoms with van der Waals surface area (Å²) in [6.45, 7) is 5.25. The molecule has 1 aliphatic heterocycles. The minimum absolute atomic E-state index is 0.256. The Labute approximate surface area is 114 Å². The molecule has 2 atom stereocenters. The van der Waals surface area contributed by atoms with Gasteiger partial charge in [-0.05, 0) is 44.5 Å². The van der Waals surface area contributed by atoms with Gasteiger partial charge in [0.15, 0.2) is 0 Å². The van der Waals surface area contributed by atoms with Gasteiger partial charge in [-0.25, -0.2) is 13.1 Å². The van der Waals surface area contributed by atoms with Crippen molar-refractivity contribution in [2.75, 3.05) is 24.2 Å². The SMILES string of the molecule is CNS(=O)(=O)c1ccc(N)c(N2CC(C)CC2C)c1. The summed E-state index contributed by atoms with van der Waals surface area (Å²) in [5.74, 6) is 0.596. The molecule has 0 aliphatic carbocycles. The summed E-state index contributed by atoms with van der Waals surface area (Å²) in [4.78, 5) is 2.44. The van der Waals surface area contributed by atoms with Gasteiger partial charge in [-0.1, -0.05) is 6.92 Å². The number of hydrogen-bond acceptors (Lipinski definition) is 4. The Morgan fingerprint density at radius 2 is 2.05 bits per heavy atom. The van der Waals surface area contributed by atoms with Gasteiger partial charge >= 0.3 is 0 Å². The van der Waals surface area contributed by atoms with Crippen LogP contribution in [0.5, 0.6) is 0 Å². The molecule has 0 aromatic heterocycles. The van der Waals surface area contributed by atoms with E-state index in [4.69, 9.17) is 5.73 Å². The third-order valence-electron chi connectivity index (χ3n) is 3.67. The maximum Gasteiger partial charge on any atom is 0.240 e. The van der Waals surface area contributed by atoms with E-state index >= 15 is 0 Å². The Balaban J connectivity index is 2.44. The zero-order valence-corrected chi connectivity index (χ0v) is 12.4. The van der Waals surface area contributed by atoms with Crippen molar-refractivity contribution in [3.63, 3.8) is 0 Å². The van der Waals surface area contributed by atoms with Crippen LogP contribution >= 0.6 is 0 Å². The van der Waals surface area contributed by atoms with Gasteiger partial charge in [0.1, 0.15) is 0 Å². The number of rotatable bonds is 3. The second-order valence-corrected chi connectivity index (χ2v) is 7.16. The Morgan fingerprint density at radius 1 is 1.37 bits per heavy atom. The molecule has 106 valence electrons.